The molecule has 20 heavy (non-hydrogen) atoms. The van der Waals surface area contributed by atoms with Crippen LogP contribution in [-0.2, 0) is 11.3 Å². The summed E-state index contributed by atoms with van der Waals surface area (Å²) in [7, 11) is 0. The van der Waals surface area contributed by atoms with E-state index in [1.807, 2.05) is 18.2 Å². The second kappa shape index (κ2) is 6.37. The van der Waals surface area contributed by atoms with E-state index in [1.165, 1.54) is 31.4 Å². The van der Waals surface area contributed by atoms with E-state index in [9.17, 15) is 0 Å². The summed E-state index contributed by atoms with van der Waals surface area (Å²) in [6.07, 6.45) is 7.73. The fourth-order valence-corrected chi connectivity index (χ4v) is 2.94. The first-order valence-corrected chi connectivity index (χ1v) is 7.59. The van der Waals surface area contributed by atoms with Crippen molar-refractivity contribution in [2.75, 3.05) is 13.2 Å². The lowest BCUT2D eigenvalue weighted by Gasteiger charge is -2.11. The maximum absolute atomic E-state index is 5.86. The Morgan fingerprint density at radius 1 is 1.35 bits per heavy atom. The highest BCUT2D eigenvalue weighted by molar-refractivity contribution is 5.42. The van der Waals surface area contributed by atoms with Crippen LogP contribution in [0, 0.1) is 6.92 Å². The lowest BCUT2D eigenvalue weighted by molar-refractivity contribution is 0.0602. The summed E-state index contributed by atoms with van der Waals surface area (Å²) in [4.78, 5) is 4.57. The molecule has 0 unspecified atom stereocenters. The van der Waals surface area contributed by atoms with Crippen molar-refractivity contribution >= 4 is 5.65 Å². The molecular weight excluding hydrogens is 250 g/mol. The highest BCUT2D eigenvalue weighted by Crippen LogP contribution is 2.20. The maximum atomic E-state index is 5.86. The highest BCUT2D eigenvalue weighted by Gasteiger charge is 2.14. The molecule has 0 saturated heterocycles. The van der Waals surface area contributed by atoms with Crippen LogP contribution >= 0.6 is 0 Å². The number of pyridine rings is 1. The van der Waals surface area contributed by atoms with Crippen LogP contribution in [0.15, 0.2) is 24.4 Å². The molecule has 0 spiro atoms. The smallest absolute Gasteiger partial charge is 0.137 e. The first-order chi connectivity index (χ1) is 9.84. The molecule has 1 N–H and O–H groups in total. The average Bonchev–Trinajstić information content (AvgIpc) is 3.06. The van der Waals surface area contributed by atoms with E-state index < -0.39 is 0 Å². The van der Waals surface area contributed by atoms with Crippen molar-refractivity contribution in [1.29, 1.82) is 0 Å². The zero-order valence-electron chi connectivity index (χ0n) is 12.1. The number of hydrogen-bond donors (Lipinski definition) is 1. The van der Waals surface area contributed by atoms with Gasteiger partial charge in [0.25, 0.3) is 0 Å². The van der Waals surface area contributed by atoms with Gasteiger partial charge < -0.3 is 14.5 Å². The Labute approximate surface area is 120 Å². The zero-order chi connectivity index (χ0) is 13.8. The first kappa shape index (κ1) is 13.6. The van der Waals surface area contributed by atoms with E-state index in [2.05, 4.69) is 27.8 Å². The molecule has 2 aromatic heterocycles. The normalized spacial score (nSPS) is 16.2. The molecule has 0 aromatic carbocycles. The van der Waals surface area contributed by atoms with Gasteiger partial charge in [-0.3, -0.25) is 0 Å². The fraction of sp³-hybridized carbons (Fsp3) is 0.562. The molecular formula is C16H23N3O. The SMILES string of the molecule is Cc1nc2ccccn2c1CNCCOC1CCCC1. The molecule has 2 aromatic rings. The molecule has 1 fully saturated rings. The maximum Gasteiger partial charge on any atom is 0.137 e. The second-order valence-electron chi connectivity index (χ2n) is 5.53. The number of aryl methyl sites for hydroxylation is 1. The molecule has 4 heteroatoms. The molecule has 0 amide bonds. The van der Waals surface area contributed by atoms with Gasteiger partial charge in [0.15, 0.2) is 0 Å². The van der Waals surface area contributed by atoms with E-state index in [0.717, 1.165) is 31.0 Å². The van der Waals surface area contributed by atoms with E-state index in [4.69, 9.17) is 4.74 Å². The Morgan fingerprint density at radius 2 is 2.20 bits per heavy atom. The molecule has 0 radical (unpaired) electrons. The van der Waals surface area contributed by atoms with Gasteiger partial charge in [0.1, 0.15) is 5.65 Å². The van der Waals surface area contributed by atoms with Gasteiger partial charge in [-0.15, -0.1) is 0 Å². The quantitative estimate of drug-likeness (QED) is 0.822. The third-order valence-electron chi connectivity index (χ3n) is 4.06. The molecule has 0 atom stereocenters. The van der Waals surface area contributed by atoms with Crippen molar-refractivity contribution in [2.45, 2.75) is 45.3 Å². The van der Waals surface area contributed by atoms with Crippen molar-refractivity contribution in [3.8, 4) is 0 Å². The number of rotatable bonds is 6. The molecule has 3 rings (SSSR count). The Hall–Kier alpha value is -1.39. The highest BCUT2D eigenvalue weighted by atomic mass is 16.5. The molecule has 1 aliphatic rings. The Morgan fingerprint density at radius 3 is 3.05 bits per heavy atom. The van der Waals surface area contributed by atoms with Crippen molar-refractivity contribution in [3.05, 3.63) is 35.8 Å². The van der Waals surface area contributed by atoms with Gasteiger partial charge in [-0.05, 0) is 31.9 Å². The van der Waals surface area contributed by atoms with Gasteiger partial charge in [-0.1, -0.05) is 18.9 Å². The van der Waals surface area contributed by atoms with Crippen molar-refractivity contribution < 1.29 is 4.74 Å². The van der Waals surface area contributed by atoms with Crippen LogP contribution < -0.4 is 5.32 Å². The average molecular weight is 273 g/mol. The van der Waals surface area contributed by atoms with Crippen LogP contribution in [0.4, 0.5) is 0 Å². The molecule has 1 saturated carbocycles. The van der Waals surface area contributed by atoms with E-state index in [0.29, 0.717) is 6.10 Å². The number of hydrogen-bond acceptors (Lipinski definition) is 3. The van der Waals surface area contributed by atoms with E-state index in [-0.39, 0.29) is 0 Å². The minimum atomic E-state index is 0.509. The largest absolute Gasteiger partial charge is 0.377 e. The Balaban J connectivity index is 1.48. The first-order valence-electron chi connectivity index (χ1n) is 7.59. The van der Waals surface area contributed by atoms with Crippen LogP contribution in [0.1, 0.15) is 37.1 Å². The monoisotopic (exact) mass is 273 g/mol. The molecule has 0 bridgehead atoms. The van der Waals surface area contributed by atoms with Gasteiger partial charge in [0.2, 0.25) is 0 Å². The van der Waals surface area contributed by atoms with Crippen LogP contribution in [0.2, 0.25) is 0 Å². The third-order valence-corrected chi connectivity index (χ3v) is 4.06. The summed E-state index contributed by atoms with van der Waals surface area (Å²) < 4.78 is 8.01. The predicted molar refractivity (Wildman–Crippen MR) is 79.8 cm³/mol. The van der Waals surface area contributed by atoms with Gasteiger partial charge in [-0.2, -0.15) is 0 Å². The number of nitrogens with one attached hydrogen (secondary N) is 1. The van der Waals surface area contributed by atoms with E-state index in [1.54, 1.807) is 0 Å². The van der Waals surface area contributed by atoms with Crippen LogP contribution in [0.25, 0.3) is 5.65 Å². The van der Waals surface area contributed by atoms with Crippen LogP contribution in [-0.4, -0.2) is 28.6 Å². The summed E-state index contributed by atoms with van der Waals surface area (Å²) in [5.74, 6) is 0. The topological polar surface area (TPSA) is 38.6 Å². The van der Waals surface area contributed by atoms with E-state index >= 15 is 0 Å². The van der Waals surface area contributed by atoms with Gasteiger partial charge >= 0.3 is 0 Å². The lowest BCUT2D eigenvalue weighted by Crippen LogP contribution is -2.22. The Bertz CT molecular complexity index is 558. The molecule has 2 heterocycles. The minimum absolute atomic E-state index is 0.509. The number of fused-ring (bicyclic) bond motifs is 1. The lowest BCUT2D eigenvalue weighted by atomic mass is 10.3. The molecule has 4 nitrogen and oxygen atoms in total. The van der Waals surface area contributed by atoms with Crippen LogP contribution in [0.3, 0.4) is 0 Å². The summed E-state index contributed by atoms with van der Waals surface area (Å²) in [5, 5.41) is 3.46. The summed E-state index contributed by atoms with van der Waals surface area (Å²) in [5.41, 5.74) is 3.35. The summed E-state index contributed by atoms with van der Waals surface area (Å²) >= 11 is 0. The van der Waals surface area contributed by atoms with Gasteiger partial charge in [0.05, 0.1) is 24.1 Å². The Kier molecular flexibility index (Phi) is 4.33. The van der Waals surface area contributed by atoms with Gasteiger partial charge in [-0.25, -0.2) is 4.98 Å². The third kappa shape index (κ3) is 3.02. The second-order valence-corrected chi connectivity index (χ2v) is 5.53. The zero-order valence-corrected chi connectivity index (χ0v) is 12.1. The molecule has 0 aliphatic heterocycles. The van der Waals surface area contributed by atoms with Crippen molar-refractivity contribution in [2.24, 2.45) is 0 Å². The standard InChI is InChI=1S/C16H23N3O/c1-13-15(19-10-5-4-8-16(19)18-13)12-17-9-11-20-14-6-2-3-7-14/h4-5,8,10,14,17H,2-3,6-7,9,11-12H2,1H3. The van der Waals surface area contributed by atoms with Gasteiger partial charge in [0, 0.05) is 19.3 Å². The fourth-order valence-electron chi connectivity index (χ4n) is 2.94. The van der Waals surface area contributed by atoms with Crippen molar-refractivity contribution in [1.82, 2.24) is 14.7 Å². The number of nitrogens with zero attached hydrogens (tertiary/aromatic N) is 2. The minimum Gasteiger partial charge on any atom is -0.377 e. The molecule has 1 aliphatic carbocycles. The molecule has 108 valence electrons. The predicted octanol–water partition coefficient (Wildman–Crippen LogP) is 2.69. The number of imidazole rings is 1. The van der Waals surface area contributed by atoms with Crippen molar-refractivity contribution in [3.63, 3.8) is 0 Å². The number of ether oxygens (including phenoxy) is 1. The van der Waals surface area contributed by atoms with Crippen LogP contribution in [0.5, 0.6) is 0 Å². The summed E-state index contributed by atoms with van der Waals surface area (Å²) in [6.45, 7) is 4.61. The summed E-state index contributed by atoms with van der Waals surface area (Å²) in [6, 6.07) is 6.11. The number of aromatic nitrogens is 2.